The molecule has 0 aliphatic carbocycles. The van der Waals surface area contributed by atoms with Crippen LogP contribution < -0.4 is 10.5 Å². The molecule has 0 aliphatic heterocycles. The number of hydrogen-bond donors (Lipinski definition) is 1. The van der Waals surface area contributed by atoms with Crippen molar-refractivity contribution in [3.63, 3.8) is 0 Å². The van der Waals surface area contributed by atoms with Crippen molar-refractivity contribution >= 4 is 16.7 Å². The highest BCUT2D eigenvalue weighted by Gasteiger charge is 2.31. The van der Waals surface area contributed by atoms with Crippen LogP contribution in [-0.2, 0) is 9.53 Å². The monoisotopic (exact) mass is 273 g/mol. The van der Waals surface area contributed by atoms with Crippen molar-refractivity contribution in [2.45, 2.75) is 19.4 Å². The van der Waals surface area contributed by atoms with Crippen molar-refractivity contribution in [2.24, 2.45) is 5.73 Å². The van der Waals surface area contributed by atoms with Gasteiger partial charge >= 0.3 is 5.97 Å². The molecule has 0 aromatic heterocycles. The van der Waals surface area contributed by atoms with E-state index in [1.807, 2.05) is 42.5 Å². The second-order valence-electron chi connectivity index (χ2n) is 4.90. The van der Waals surface area contributed by atoms with E-state index in [2.05, 4.69) is 0 Å². The smallest absolute Gasteiger partial charge is 0.329 e. The molecule has 0 amide bonds. The van der Waals surface area contributed by atoms with Gasteiger partial charge in [0.05, 0.1) is 6.61 Å². The van der Waals surface area contributed by atoms with E-state index in [9.17, 15) is 4.79 Å². The summed E-state index contributed by atoms with van der Waals surface area (Å²) in [4.78, 5) is 11.7. The zero-order valence-electron chi connectivity index (χ0n) is 11.8. The number of ether oxygens (including phenoxy) is 2. The largest absolute Gasteiger partial charge is 0.490 e. The van der Waals surface area contributed by atoms with Gasteiger partial charge in [-0.25, -0.2) is 4.79 Å². The number of nitrogens with two attached hydrogens (primary N) is 1. The van der Waals surface area contributed by atoms with E-state index in [0.29, 0.717) is 12.4 Å². The maximum Gasteiger partial charge on any atom is 0.329 e. The fourth-order valence-corrected chi connectivity index (χ4v) is 1.90. The lowest BCUT2D eigenvalue weighted by Gasteiger charge is -2.22. The third-order valence-electron chi connectivity index (χ3n) is 3.02. The van der Waals surface area contributed by atoms with Crippen molar-refractivity contribution in [1.29, 1.82) is 0 Å². The van der Waals surface area contributed by atoms with E-state index in [4.69, 9.17) is 15.2 Å². The molecule has 0 fully saturated rings. The van der Waals surface area contributed by atoms with Gasteiger partial charge in [-0.15, -0.1) is 0 Å². The Hall–Kier alpha value is -2.07. The SMILES string of the molecule is CCOC(=O)C(C)(N)COc1cccc2ccccc12. The Morgan fingerprint density at radius 1 is 1.20 bits per heavy atom. The predicted molar refractivity (Wildman–Crippen MR) is 78.7 cm³/mol. The standard InChI is InChI=1S/C16H19NO3/c1-3-19-15(18)16(2,17)11-20-14-10-6-8-12-7-4-5-9-13(12)14/h4-10H,3,11,17H2,1-2H3. The molecule has 106 valence electrons. The molecule has 1 atom stereocenters. The van der Waals surface area contributed by atoms with Crippen LogP contribution in [0, 0.1) is 0 Å². The number of hydrogen-bond acceptors (Lipinski definition) is 4. The maximum absolute atomic E-state index is 11.7. The lowest BCUT2D eigenvalue weighted by molar-refractivity contribution is -0.150. The number of benzene rings is 2. The van der Waals surface area contributed by atoms with Gasteiger partial charge in [0.2, 0.25) is 0 Å². The molecule has 2 aromatic carbocycles. The van der Waals surface area contributed by atoms with Gasteiger partial charge < -0.3 is 15.2 Å². The van der Waals surface area contributed by atoms with Crippen molar-refractivity contribution in [3.8, 4) is 5.75 Å². The summed E-state index contributed by atoms with van der Waals surface area (Å²) < 4.78 is 10.7. The van der Waals surface area contributed by atoms with Crippen LogP contribution in [0.25, 0.3) is 10.8 Å². The molecule has 2 rings (SSSR count). The summed E-state index contributed by atoms with van der Waals surface area (Å²) in [5.41, 5.74) is 4.78. The van der Waals surface area contributed by atoms with Crippen LogP contribution in [0.15, 0.2) is 42.5 Å². The Morgan fingerprint density at radius 3 is 2.65 bits per heavy atom. The molecule has 0 bridgehead atoms. The third kappa shape index (κ3) is 3.08. The summed E-state index contributed by atoms with van der Waals surface area (Å²) in [5, 5.41) is 2.08. The summed E-state index contributed by atoms with van der Waals surface area (Å²) in [7, 11) is 0. The van der Waals surface area contributed by atoms with Gasteiger partial charge in [-0.2, -0.15) is 0 Å². The van der Waals surface area contributed by atoms with Crippen LogP contribution in [-0.4, -0.2) is 24.7 Å². The summed E-state index contributed by atoms with van der Waals surface area (Å²) in [5.74, 6) is 0.254. The molecular formula is C16H19NO3. The second-order valence-corrected chi connectivity index (χ2v) is 4.90. The molecule has 0 radical (unpaired) electrons. The first-order chi connectivity index (χ1) is 9.54. The highest BCUT2D eigenvalue weighted by molar-refractivity contribution is 5.88. The quantitative estimate of drug-likeness (QED) is 0.850. The molecule has 0 heterocycles. The van der Waals surface area contributed by atoms with Crippen LogP contribution in [0.4, 0.5) is 0 Å². The van der Waals surface area contributed by atoms with E-state index in [0.717, 1.165) is 10.8 Å². The summed E-state index contributed by atoms with van der Waals surface area (Å²) in [6.07, 6.45) is 0. The number of rotatable bonds is 5. The molecule has 0 saturated carbocycles. The Bertz CT molecular complexity index is 602. The van der Waals surface area contributed by atoms with Crippen molar-refractivity contribution in [3.05, 3.63) is 42.5 Å². The topological polar surface area (TPSA) is 61.5 Å². The average molecular weight is 273 g/mol. The first-order valence-electron chi connectivity index (χ1n) is 6.61. The van der Waals surface area contributed by atoms with Crippen LogP contribution in [0.2, 0.25) is 0 Å². The molecule has 4 heteroatoms. The number of carbonyl (C=O) groups excluding carboxylic acids is 1. The van der Waals surface area contributed by atoms with E-state index in [-0.39, 0.29) is 6.61 Å². The minimum Gasteiger partial charge on any atom is -0.490 e. The first-order valence-corrected chi connectivity index (χ1v) is 6.61. The first kappa shape index (κ1) is 14.3. The maximum atomic E-state index is 11.7. The zero-order chi connectivity index (χ0) is 14.6. The van der Waals surface area contributed by atoms with Crippen LogP contribution in [0.5, 0.6) is 5.75 Å². The number of carbonyl (C=O) groups is 1. The molecule has 2 aromatic rings. The Labute approximate surface area is 118 Å². The van der Waals surface area contributed by atoms with Gasteiger partial charge in [-0.05, 0) is 25.3 Å². The molecule has 1 unspecified atom stereocenters. The van der Waals surface area contributed by atoms with Crippen molar-refractivity contribution in [1.82, 2.24) is 0 Å². The molecule has 0 saturated heterocycles. The van der Waals surface area contributed by atoms with Gasteiger partial charge in [0, 0.05) is 5.39 Å². The minimum atomic E-state index is -1.16. The number of fused-ring (bicyclic) bond motifs is 1. The molecule has 2 N–H and O–H groups in total. The minimum absolute atomic E-state index is 0.0693. The van der Waals surface area contributed by atoms with Crippen LogP contribution >= 0.6 is 0 Å². The Kier molecular flexibility index (Phi) is 4.25. The van der Waals surface area contributed by atoms with Gasteiger partial charge in [0.25, 0.3) is 0 Å². The second kappa shape index (κ2) is 5.92. The molecular weight excluding hydrogens is 254 g/mol. The van der Waals surface area contributed by atoms with Crippen LogP contribution in [0.1, 0.15) is 13.8 Å². The van der Waals surface area contributed by atoms with Crippen molar-refractivity contribution in [2.75, 3.05) is 13.2 Å². The molecule has 0 spiro atoms. The van der Waals surface area contributed by atoms with Gasteiger partial charge in [-0.1, -0.05) is 36.4 Å². The normalized spacial score (nSPS) is 13.8. The molecule has 20 heavy (non-hydrogen) atoms. The summed E-state index contributed by atoms with van der Waals surface area (Å²) >= 11 is 0. The average Bonchev–Trinajstić information content (AvgIpc) is 2.45. The zero-order valence-corrected chi connectivity index (χ0v) is 11.8. The lowest BCUT2D eigenvalue weighted by Crippen LogP contribution is -2.51. The van der Waals surface area contributed by atoms with Crippen molar-refractivity contribution < 1.29 is 14.3 Å². The third-order valence-corrected chi connectivity index (χ3v) is 3.02. The van der Waals surface area contributed by atoms with E-state index >= 15 is 0 Å². The summed E-state index contributed by atoms with van der Waals surface area (Å²) in [6, 6.07) is 13.7. The van der Waals surface area contributed by atoms with Gasteiger partial charge in [-0.3, -0.25) is 0 Å². The Balaban J connectivity index is 2.15. The van der Waals surface area contributed by atoms with E-state index in [1.54, 1.807) is 13.8 Å². The fraction of sp³-hybridized carbons (Fsp3) is 0.312. The van der Waals surface area contributed by atoms with E-state index < -0.39 is 11.5 Å². The van der Waals surface area contributed by atoms with Gasteiger partial charge in [0.1, 0.15) is 17.9 Å². The highest BCUT2D eigenvalue weighted by atomic mass is 16.5. The fourth-order valence-electron chi connectivity index (χ4n) is 1.90. The van der Waals surface area contributed by atoms with E-state index in [1.165, 1.54) is 0 Å². The molecule has 4 nitrogen and oxygen atoms in total. The summed E-state index contributed by atoms with van der Waals surface area (Å²) in [6.45, 7) is 3.73. The number of esters is 1. The Morgan fingerprint density at radius 2 is 1.90 bits per heavy atom. The predicted octanol–water partition coefficient (Wildman–Crippen LogP) is 2.50. The van der Waals surface area contributed by atoms with Gasteiger partial charge in [0.15, 0.2) is 0 Å². The molecule has 0 aliphatic rings. The highest BCUT2D eigenvalue weighted by Crippen LogP contribution is 2.25. The lowest BCUT2D eigenvalue weighted by atomic mass is 10.1. The van der Waals surface area contributed by atoms with Crippen LogP contribution in [0.3, 0.4) is 0 Å².